The van der Waals surface area contributed by atoms with Crippen molar-refractivity contribution in [2.75, 3.05) is 0 Å². The second-order valence-electron chi connectivity index (χ2n) is 5.03. The highest BCUT2D eigenvalue weighted by Crippen LogP contribution is 2.04. The Kier molecular flexibility index (Phi) is 5.09. The lowest BCUT2D eigenvalue weighted by Gasteiger charge is -2.04. The average molecular weight is 294 g/mol. The van der Waals surface area contributed by atoms with Crippen molar-refractivity contribution in [1.29, 1.82) is 0 Å². The second kappa shape index (κ2) is 7.22. The van der Waals surface area contributed by atoms with E-state index in [1.54, 1.807) is 24.3 Å². The fraction of sp³-hybridized carbons (Fsp3) is 0.111. The Bertz CT molecular complexity index is 686. The Morgan fingerprint density at radius 1 is 0.818 bits per heavy atom. The van der Waals surface area contributed by atoms with E-state index in [-0.39, 0.29) is 11.7 Å². The zero-order chi connectivity index (χ0) is 15.9. The molecule has 2 N–H and O–H groups in total. The van der Waals surface area contributed by atoms with Gasteiger partial charge in [-0.2, -0.15) is 0 Å². The maximum atomic E-state index is 11.9. The molecule has 0 aliphatic carbocycles. The Balaban J connectivity index is 1.85. The van der Waals surface area contributed by atoms with Gasteiger partial charge in [0.2, 0.25) is 0 Å². The van der Waals surface area contributed by atoms with E-state index in [0.717, 1.165) is 11.1 Å². The maximum absolute atomic E-state index is 11.9. The van der Waals surface area contributed by atoms with Crippen molar-refractivity contribution in [3.63, 3.8) is 0 Å². The van der Waals surface area contributed by atoms with Crippen LogP contribution in [0.4, 0.5) is 0 Å². The summed E-state index contributed by atoms with van der Waals surface area (Å²) >= 11 is 0. The monoisotopic (exact) mass is 294 g/mol. The van der Waals surface area contributed by atoms with Gasteiger partial charge in [0.1, 0.15) is 0 Å². The van der Waals surface area contributed by atoms with Crippen LogP contribution in [0.2, 0.25) is 0 Å². The fourth-order valence-corrected chi connectivity index (χ4v) is 1.82. The molecule has 0 radical (unpaired) electrons. The van der Waals surface area contributed by atoms with E-state index in [0.29, 0.717) is 11.1 Å². The van der Waals surface area contributed by atoms with Gasteiger partial charge in [0.15, 0.2) is 5.78 Å². The molecule has 2 aromatic rings. The van der Waals surface area contributed by atoms with Gasteiger partial charge in [0, 0.05) is 23.4 Å². The van der Waals surface area contributed by atoms with Gasteiger partial charge in [0.05, 0.1) is 0 Å². The van der Waals surface area contributed by atoms with E-state index in [1.807, 2.05) is 38.1 Å². The standard InChI is InChI=1S/C18H18N2O2/c1-13-3-7-15(8-4-13)17(21)11-12-19-20-18(22)16-9-5-14(2)6-10-16/h3-12,19H,1-2H3,(H,20,22)/b12-11-. The molecule has 0 fully saturated rings. The Hall–Kier alpha value is -2.88. The molecule has 0 aromatic heterocycles. The smallest absolute Gasteiger partial charge is 0.269 e. The van der Waals surface area contributed by atoms with Crippen LogP contribution in [0.15, 0.2) is 60.8 Å². The molecule has 0 saturated heterocycles. The van der Waals surface area contributed by atoms with Crippen molar-refractivity contribution < 1.29 is 9.59 Å². The lowest BCUT2D eigenvalue weighted by atomic mass is 10.1. The van der Waals surface area contributed by atoms with Crippen molar-refractivity contribution in [2.24, 2.45) is 0 Å². The van der Waals surface area contributed by atoms with E-state index in [4.69, 9.17) is 0 Å². The second-order valence-corrected chi connectivity index (χ2v) is 5.03. The molecular weight excluding hydrogens is 276 g/mol. The van der Waals surface area contributed by atoms with Crippen LogP contribution < -0.4 is 10.9 Å². The molecule has 0 saturated carbocycles. The summed E-state index contributed by atoms with van der Waals surface area (Å²) in [5.41, 5.74) is 8.46. The molecule has 0 aliphatic rings. The number of allylic oxidation sites excluding steroid dienone is 1. The third-order valence-electron chi connectivity index (χ3n) is 3.15. The van der Waals surface area contributed by atoms with Gasteiger partial charge in [-0.1, -0.05) is 47.5 Å². The van der Waals surface area contributed by atoms with Crippen LogP contribution in [0, 0.1) is 13.8 Å². The first-order chi connectivity index (χ1) is 10.6. The van der Waals surface area contributed by atoms with E-state index >= 15 is 0 Å². The summed E-state index contributed by atoms with van der Waals surface area (Å²) in [5.74, 6) is -0.385. The van der Waals surface area contributed by atoms with Crippen molar-refractivity contribution in [2.45, 2.75) is 13.8 Å². The topological polar surface area (TPSA) is 58.2 Å². The molecule has 1 amide bonds. The largest absolute Gasteiger partial charge is 0.305 e. The molecule has 4 heteroatoms. The zero-order valence-electron chi connectivity index (χ0n) is 12.6. The third-order valence-corrected chi connectivity index (χ3v) is 3.15. The van der Waals surface area contributed by atoms with E-state index < -0.39 is 0 Å². The zero-order valence-corrected chi connectivity index (χ0v) is 12.6. The van der Waals surface area contributed by atoms with Gasteiger partial charge < -0.3 is 5.43 Å². The van der Waals surface area contributed by atoms with Crippen molar-refractivity contribution in [3.05, 3.63) is 83.1 Å². The molecule has 0 spiro atoms. The predicted octanol–water partition coefficient (Wildman–Crippen LogP) is 2.93. The summed E-state index contributed by atoms with van der Waals surface area (Å²) in [6, 6.07) is 14.5. The lowest BCUT2D eigenvalue weighted by molar-refractivity contribution is 0.0939. The summed E-state index contributed by atoms with van der Waals surface area (Å²) in [7, 11) is 0. The summed E-state index contributed by atoms with van der Waals surface area (Å²) in [5, 5.41) is 0. The highest BCUT2D eigenvalue weighted by Gasteiger charge is 2.03. The third kappa shape index (κ3) is 4.31. The molecule has 0 atom stereocenters. The van der Waals surface area contributed by atoms with Crippen LogP contribution in [-0.2, 0) is 0 Å². The molecular formula is C18H18N2O2. The number of hydrogen-bond acceptors (Lipinski definition) is 3. The predicted molar refractivity (Wildman–Crippen MR) is 86.4 cm³/mol. The average Bonchev–Trinajstić information content (AvgIpc) is 2.52. The number of aryl methyl sites for hydroxylation is 2. The first-order valence-electron chi connectivity index (χ1n) is 6.96. The van der Waals surface area contributed by atoms with Gasteiger partial charge in [-0.3, -0.25) is 15.0 Å². The van der Waals surface area contributed by atoms with Gasteiger partial charge in [0.25, 0.3) is 5.91 Å². The summed E-state index contributed by atoms with van der Waals surface area (Å²) in [6.07, 6.45) is 2.79. The maximum Gasteiger partial charge on any atom is 0.269 e. The number of hydrazine groups is 1. The Labute approximate surface area is 129 Å². The number of benzene rings is 2. The number of nitrogens with one attached hydrogen (secondary N) is 2. The Morgan fingerprint density at radius 2 is 1.32 bits per heavy atom. The first-order valence-corrected chi connectivity index (χ1v) is 6.96. The number of hydrogen-bond donors (Lipinski definition) is 2. The first kappa shape index (κ1) is 15.5. The van der Waals surface area contributed by atoms with Gasteiger partial charge in [-0.05, 0) is 26.0 Å². The molecule has 0 aliphatic heterocycles. The number of carbonyl (C=O) groups is 2. The highest BCUT2D eigenvalue weighted by molar-refractivity contribution is 6.04. The number of ketones is 1. The fourth-order valence-electron chi connectivity index (χ4n) is 1.82. The summed E-state index contributed by atoms with van der Waals surface area (Å²) < 4.78 is 0. The van der Waals surface area contributed by atoms with E-state index in [1.165, 1.54) is 12.3 Å². The summed E-state index contributed by atoms with van der Waals surface area (Å²) in [4.78, 5) is 23.7. The van der Waals surface area contributed by atoms with Crippen molar-refractivity contribution in [3.8, 4) is 0 Å². The van der Waals surface area contributed by atoms with Crippen molar-refractivity contribution >= 4 is 11.7 Å². The van der Waals surface area contributed by atoms with Crippen LogP contribution in [-0.4, -0.2) is 11.7 Å². The normalized spacial score (nSPS) is 10.5. The molecule has 22 heavy (non-hydrogen) atoms. The van der Waals surface area contributed by atoms with Crippen molar-refractivity contribution in [1.82, 2.24) is 10.9 Å². The van der Waals surface area contributed by atoms with Crippen LogP contribution in [0.3, 0.4) is 0 Å². The van der Waals surface area contributed by atoms with Gasteiger partial charge in [-0.25, -0.2) is 0 Å². The quantitative estimate of drug-likeness (QED) is 0.506. The van der Waals surface area contributed by atoms with Gasteiger partial charge in [-0.15, -0.1) is 0 Å². The summed E-state index contributed by atoms with van der Waals surface area (Å²) in [6.45, 7) is 3.92. The lowest BCUT2D eigenvalue weighted by Crippen LogP contribution is -2.33. The highest BCUT2D eigenvalue weighted by atomic mass is 16.2. The molecule has 112 valence electrons. The molecule has 0 bridgehead atoms. The number of carbonyl (C=O) groups excluding carboxylic acids is 2. The molecule has 2 aromatic carbocycles. The van der Waals surface area contributed by atoms with Crippen LogP contribution in [0.25, 0.3) is 0 Å². The molecule has 0 heterocycles. The van der Waals surface area contributed by atoms with Crippen LogP contribution >= 0.6 is 0 Å². The molecule has 0 unspecified atom stereocenters. The molecule has 4 nitrogen and oxygen atoms in total. The minimum Gasteiger partial charge on any atom is -0.305 e. The van der Waals surface area contributed by atoms with Gasteiger partial charge >= 0.3 is 0 Å². The minimum atomic E-state index is -0.257. The number of rotatable bonds is 5. The number of amides is 1. The molecule has 2 rings (SSSR count). The Morgan fingerprint density at radius 3 is 1.86 bits per heavy atom. The van der Waals surface area contributed by atoms with E-state index in [9.17, 15) is 9.59 Å². The van der Waals surface area contributed by atoms with E-state index in [2.05, 4.69) is 10.9 Å². The minimum absolute atomic E-state index is 0.128. The van der Waals surface area contributed by atoms with Crippen LogP contribution in [0.1, 0.15) is 31.8 Å². The van der Waals surface area contributed by atoms with Crippen LogP contribution in [0.5, 0.6) is 0 Å². The SMILES string of the molecule is Cc1ccc(C(=O)/C=C\NNC(=O)c2ccc(C)cc2)cc1.